The van der Waals surface area contributed by atoms with Gasteiger partial charge in [0.15, 0.2) is 6.10 Å². The van der Waals surface area contributed by atoms with Crippen LogP contribution < -0.4 is 0 Å². The lowest BCUT2D eigenvalue weighted by Gasteiger charge is -2.16. The molecule has 0 radical (unpaired) electrons. The van der Waals surface area contributed by atoms with Crippen molar-refractivity contribution in [3.63, 3.8) is 0 Å². The maximum absolute atomic E-state index is 12.1. The molecule has 0 fully saturated rings. The van der Waals surface area contributed by atoms with Crippen molar-refractivity contribution in [3.8, 4) is 5.75 Å². The Hall–Kier alpha value is -2.86. The Balaban J connectivity index is 1.95. The lowest BCUT2D eigenvalue weighted by Crippen LogP contribution is -2.28. The van der Waals surface area contributed by atoms with Crippen molar-refractivity contribution in [2.45, 2.75) is 13.0 Å². The van der Waals surface area contributed by atoms with Crippen LogP contribution in [-0.2, 0) is 9.47 Å². The van der Waals surface area contributed by atoms with Crippen molar-refractivity contribution in [1.29, 1.82) is 0 Å². The fraction of sp³-hybridized carbons (Fsp3) is 0.222. The van der Waals surface area contributed by atoms with Crippen LogP contribution in [0.5, 0.6) is 5.75 Å². The van der Waals surface area contributed by atoms with Crippen molar-refractivity contribution in [2.24, 2.45) is 0 Å². The summed E-state index contributed by atoms with van der Waals surface area (Å²) in [6.07, 6.45) is -0.994. The van der Waals surface area contributed by atoms with Gasteiger partial charge in [0, 0.05) is 0 Å². The molecule has 0 saturated heterocycles. The third-order valence-electron chi connectivity index (χ3n) is 3.37. The summed E-state index contributed by atoms with van der Waals surface area (Å²) in [5.41, 5.74) is 1.12. The highest BCUT2D eigenvalue weighted by atomic mass is 16.6. The number of hydrogen-bond donors (Lipinski definition) is 2. The molecule has 24 heavy (non-hydrogen) atoms. The summed E-state index contributed by atoms with van der Waals surface area (Å²) in [6, 6.07) is 12.8. The van der Waals surface area contributed by atoms with E-state index in [-0.39, 0.29) is 17.9 Å². The van der Waals surface area contributed by atoms with Crippen molar-refractivity contribution in [2.75, 3.05) is 13.2 Å². The number of phenols is 1. The second kappa shape index (κ2) is 8.12. The fourth-order valence-corrected chi connectivity index (χ4v) is 2.03. The first-order valence-corrected chi connectivity index (χ1v) is 7.35. The molecular weight excluding hydrogens is 312 g/mol. The van der Waals surface area contributed by atoms with E-state index in [0.29, 0.717) is 5.56 Å². The number of aliphatic hydroxyl groups excluding tert-OH is 1. The van der Waals surface area contributed by atoms with Gasteiger partial charge in [-0.05, 0) is 30.7 Å². The zero-order valence-corrected chi connectivity index (χ0v) is 13.1. The number of benzene rings is 2. The highest BCUT2D eigenvalue weighted by molar-refractivity contribution is 5.92. The fourth-order valence-electron chi connectivity index (χ4n) is 2.03. The van der Waals surface area contributed by atoms with E-state index in [0.717, 1.165) is 5.56 Å². The smallest absolute Gasteiger partial charge is 0.342 e. The molecule has 2 N–H and O–H groups in total. The Morgan fingerprint density at radius 1 is 1.00 bits per heavy atom. The minimum absolute atomic E-state index is 0.000537. The van der Waals surface area contributed by atoms with Gasteiger partial charge in [-0.15, -0.1) is 0 Å². The number of carbonyl (C=O) groups is 2. The molecular formula is C18H18O6. The van der Waals surface area contributed by atoms with Crippen LogP contribution in [0.4, 0.5) is 0 Å². The zero-order valence-electron chi connectivity index (χ0n) is 13.1. The summed E-state index contributed by atoms with van der Waals surface area (Å²) in [7, 11) is 0. The van der Waals surface area contributed by atoms with Crippen molar-refractivity contribution >= 4 is 11.9 Å². The average molecular weight is 330 g/mol. The van der Waals surface area contributed by atoms with Gasteiger partial charge in [0.1, 0.15) is 17.9 Å². The Labute approximate surface area is 139 Å². The maximum atomic E-state index is 12.1. The molecule has 0 aromatic heterocycles. The van der Waals surface area contributed by atoms with Crippen molar-refractivity contribution in [1.82, 2.24) is 0 Å². The molecule has 0 heterocycles. The van der Waals surface area contributed by atoms with Gasteiger partial charge in [-0.3, -0.25) is 0 Å². The van der Waals surface area contributed by atoms with Gasteiger partial charge < -0.3 is 19.7 Å². The van der Waals surface area contributed by atoms with Gasteiger partial charge in [0.05, 0.1) is 12.2 Å². The van der Waals surface area contributed by atoms with Gasteiger partial charge >= 0.3 is 11.9 Å². The van der Waals surface area contributed by atoms with Crippen LogP contribution in [0.3, 0.4) is 0 Å². The van der Waals surface area contributed by atoms with Crippen molar-refractivity contribution < 1.29 is 29.3 Å². The number of hydrogen-bond acceptors (Lipinski definition) is 6. The quantitative estimate of drug-likeness (QED) is 0.788. The summed E-state index contributed by atoms with van der Waals surface area (Å²) in [5.74, 6) is -1.58. The van der Waals surface area contributed by atoms with Gasteiger partial charge in [-0.1, -0.05) is 30.3 Å². The van der Waals surface area contributed by atoms with Gasteiger partial charge in [0.25, 0.3) is 0 Å². The van der Waals surface area contributed by atoms with E-state index in [1.54, 1.807) is 43.3 Å². The first-order chi connectivity index (χ1) is 11.5. The largest absolute Gasteiger partial charge is 0.507 e. The molecule has 126 valence electrons. The summed E-state index contributed by atoms with van der Waals surface area (Å²) < 4.78 is 10.1. The lowest BCUT2D eigenvalue weighted by molar-refractivity contribution is -0.0171. The third kappa shape index (κ3) is 4.33. The molecule has 0 aliphatic heterocycles. The molecule has 6 nitrogen and oxygen atoms in total. The van der Waals surface area contributed by atoms with Gasteiger partial charge in [-0.2, -0.15) is 0 Å². The molecule has 6 heteroatoms. The number of carbonyl (C=O) groups excluding carboxylic acids is 2. The number of aromatic hydroxyl groups is 1. The van der Waals surface area contributed by atoms with E-state index >= 15 is 0 Å². The lowest BCUT2D eigenvalue weighted by atomic mass is 10.1. The summed E-state index contributed by atoms with van der Waals surface area (Å²) in [4.78, 5) is 24.0. The number of esters is 2. The Morgan fingerprint density at radius 2 is 1.62 bits per heavy atom. The molecule has 0 aliphatic rings. The molecule has 2 aromatic carbocycles. The topological polar surface area (TPSA) is 93.1 Å². The first-order valence-electron chi connectivity index (χ1n) is 7.35. The average Bonchev–Trinajstić information content (AvgIpc) is 2.58. The molecule has 0 aliphatic carbocycles. The summed E-state index contributed by atoms with van der Waals surface area (Å²) >= 11 is 0. The Bertz CT molecular complexity index is 725. The van der Waals surface area contributed by atoms with E-state index in [1.807, 2.05) is 0 Å². The van der Waals surface area contributed by atoms with Crippen LogP contribution in [0.1, 0.15) is 26.3 Å². The van der Waals surface area contributed by atoms with Gasteiger partial charge in [0.2, 0.25) is 0 Å². The second-order valence-corrected chi connectivity index (χ2v) is 5.14. The number of phenolic OH excluding ortho intramolecular Hbond substituents is 1. The predicted octanol–water partition coefficient (Wildman–Crippen LogP) is 2.08. The van der Waals surface area contributed by atoms with Crippen LogP contribution in [-0.4, -0.2) is 41.5 Å². The van der Waals surface area contributed by atoms with Crippen molar-refractivity contribution in [3.05, 3.63) is 65.2 Å². The molecule has 1 unspecified atom stereocenters. The van der Waals surface area contributed by atoms with Crippen LogP contribution in [0.25, 0.3) is 0 Å². The number of ether oxygens (including phenoxy) is 2. The molecule has 0 saturated carbocycles. The highest BCUT2D eigenvalue weighted by Crippen LogP contribution is 2.17. The molecule has 2 aromatic rings. The molecule has 1 atom stereocenters. The molecule has 0 bridgehead atoms. The predicted molar refractivity (Wildman–Crippen MR) is 85.9 cm³/mol. The highest BCUT2D eigenvalue weighted by Gasteiger charge is 2.20. The normalized spacial score (nSPS) is 11.6. The number of aryl methyl sites for hydroxylation is 1. The van der Waals surface area contributed by atoms with Crippen LogP contribution >= 0.6 is 0 Å². The number of para-hydroxylation sites is 1. The van der Waals surface area contributed by atoms with Crippen LogP contribution in [0.2, 0.25) is 0 Å². The minimum Gasteiger partial charge on any atom is -0.507 e. The standard InChI is InChI=1S/C18H18O6/c1-12-6-2-3-7-14(12)18(22)24-13(10-19)11-23-17(21)15-8-4-5-9-16(15)20/h2-9,13,19-20H,10-11H2,1H3. The van der Waals surface area contributed by atoms with Crippen LogP contribution in [0.15, 0.2) is 48.5 Å². The third-order valence-corrected chi connectivity index (χ3v) is 3.37. The molecule has 0 spiro atoms. The summed E-state index contributed by atoms with van der Waals surface area (Å²) in [6.45, 7) is 0.954. The maximum Gasteiger partial charge on any atom is 0.342 e. The molecule has 2 rings (SSSR count). The SMILES string of the molecule is Cc1ccccc1C(=O)OC(CO)COC(=O)c1ccccc1O. The summed E-state index contributed by atoms with van der Waals surface area (Å²) in [5, 5.41) is 18.9. The van der Waals surface area contributed by atoms with E-state index in [2.05, 4.69) is 0 Å². The van der Waals surface area contributed by atoms with Crippen LogP contribution in [0, 0.1) is 6.92 Å². The second-order valence-electron chi connectivity index (χ2n) is 5.14. The van der Waals surface area contributed by atoms with Gasteiger partial charge in [-0.25, -0.2) is 9.59 Å². The monoisotopic (exact) mass is 330 g/mol. The minimum atomic E-state index is -0.994. The Morgan fingerprint density at radius 3 is 2.25 bits per heavy atom. The van der Waals surface area contributed by atoms with E-state index in [9.17, 15) is 19.8 Å². The van der Waals surface area contributed by atoms with E-state index in [1.165, 1.54) is 12.1 Å². The number of rotatable bonds is 6. The van der Waals surface area contributed by atoms with E-state index in [4.69, 9.17) is 9.47 Å². The molecule has 0 amide bonds. The Kier molecular flexibility index (Phi) is 5.92. The first kappa shape index (κ1) is 17.5. The zero-order chi connectivity index (χ0) is 17.5. The van der Waals surface area contributed by atoms with E-state index < -0.39 is 24.6 Å². The number of aliphatic hydroxyl groups is 1.